The second kappa shape index (κ2) is 5.36. The van der Waals surface area contributed by atoms with Crippen molar-refractivity contribution in [1.29, 1.82) is 0 Å². The van der Waals surface area contributed by atoms with Gasteiger partial charge in [-0.2, -0.15) is 0 Å². The summed E-state index contributed by atoms with van der Waals surface area (Å²) in [5, 5.41) is 7.85. The van der Waals surface area contributed by atoms with E-state index in [0.717, 1.165) is 16.5 Å². The molecule has 1 aromatic heterocycles. The van der Waals surface area contributed by atoms with Gasteiger partial charge in [-0.05, 0) is 40.4 Å². The number of halogens is 1. The largest absolute Gasteiger partial charge is 0.455 e. The molecule has 104 valence electrons. The Morgan fingerprint density at radius 3 is 2.90 bits per heavy atom. The number of rotatable bonds is 4. The highest BCUT2D eigenvalue weighted by atomic mass is 79.9. The van der Waals surface area contributed by atoms with Crippen molar-refractivity contribution in [3.8, 4) is 11.5 Å². The predicted molar refractivity (Wildman–Crippen MR) is 74.5 cm³/mol. The topological polar surface area (TPSA) is 65.2 Å². The molecule has 1 aromatic carbocycles. The number of nitrogens with zero attached hydrogens (tertiary/aromatic N) is 2. The number of hydrogen-bond acceptors (Lipinski definition) is 5. The maximum atomic E-state index is 11.6. The zero-order valence-corrected chi connectivity index (χ0v) is 12.5. The summed E-state index contributed by atoms with van der Waals surface area (Å²) < 4.78 is 11.5. The van der Waals surface area contributed by atoms with Gasteiger partial charge in [-0.1, -0.05) is 19.1 Å². The Morgan fingerprint density at radius 1 is 1.45 bits per heavy atom. The summed E-state index contributed by atoms with van der Waals surface area (Å²) in [4.78, 5) is 11.6. The van der Waals surface area contributed by atoms with Crippen LogP contribution in [0, 0.1) is 11.8 Å². The monoisotopic (exact) mass is 336 g/mol. The molecule has 2 aromatic rings. The molecule has 1 saturated carbocycles. The summed E-state index contributed by atoms with van der Waals surface area (Å²) in [5.74, 6) is 1.00. The van der Waals surface area contributed by atoms with E-state index in [0.29, 0.717) is 17.7 Å². The van der Waals surface area contributed by atoms with E-state index in [-0.39, 0.29) is 18.5 Å². The van der Waals surface area contributed by atoms with Crippen molar-refractivity contribution in [2.45, 2.75) is 20.0 Å². The summed E-state index contributed by atoms with van der Waals surface area (Å²) in [6, 6.07) is 7.56. The van der Waals surface area contributed by atoms with Gasteiger partial charge < -0.3 is 9.15 Å². The standard InChI is InChI=1S/C14H13BrN2O3/c1-8-6-10(8)14(18)19-7-12-16-17-13(20-12)9-4-2-3-5-11(9)15/h2-5,8,10H,6-7H2,1H3/t8-,10+/m1/s1. The third kappa shape index (κ3) is 2.75. The van der Waals surface area contributed by atoms with Gasteiger partial charge in [-0.15, -0.1) is 10.2 Å². The van der Waals surface area contributed by atoms with Crippen LogP contribution >= 0.6 is 15.9 Å². The lowest BCUT2D eigenvalue weighted by atomic mass is 10.2. The normalized spacial score (nSPS) is 20.7. The van der Waals surface area contributed by atoms with Crippen LogP contribution in [0.1, 0.15) is 19.2 Å². The van der Waals surface area contributed by atoms with Gasteiger partial charge in [0.05, 0.1) is 11.5 Å². The quantitative estimate of drug-likeness (QED) is 0.802. The Morgan fingerprint density at radius 2 is 2.20 bits per heavy atom. The molecule has 0 unspecified atom stereocenters. The molecular formula is C14H13BrN2O3. The molecule has 1 aliphatic rings. The van der Waals surface area contributed by atoms with E-state index < -0.39 is 0 Å². The average molecular weight is 337 g/mol. The molecule has 0 aliphatic heterocycles. The van der Waals surface area contributed by atoms with Crippen LogP contribution in [-0.4, -0.2) is 16.2 Å². The van der Waals surface area contributed by atoms with Gasteiger partial charge in [-0.3, -0.25) is 4.79 Å². The van der Waals surface area contributed by atoms with Crippen LogP contribution in [0.15, 0.2) is 33.2 Å². The van der Waals surface area contributed by atoms with E-state index in [1.54, 1.807) is 0 Å². The van der Waals surface area contributed by atoms with E-state index in [4.69, 9.17) is 9.15 Å². The Kier molecular flexibility index (Phi) is 3.56. The minimum Gasteiger partial charge on any atom is -0.455 e. The highest BCUT2D eigenvalue weighted by Gasteiger charge is 2.40. The first-order valence-corrected chi connectivity index (χ1v) is 7.18. The summed E-state index contributed by atoms with van der Waals surface area (Å²) in [6.45, 7) is 2.06. The first-order valence-electron chi connectivity index (χ1n) is 6.39. The van der Waals surface area contributed by atoms with E-state index >= 15 is 0 Å². The smallest absolute Gasteiger partial charge is 0.309 e. The molecular weight excluding hydrogens is 324 g/mol. The predicted octanol–water partition coefficient (Wildman–Crippen LogP) is 3.20. The lowest BCUT2D eigenvalue weighted by Gasteiger charge is -2.00. The minimum atomic E-state index is -0.182. The number of hydrogen-bond donors (Lipinski definition) is 0. The van der Waals surface area contributed by atoms with Crippen LogP contribution in [0.5, 0.6) is 0 Å². The Balaban J connectivity index is 1.65. The van der Waals surface area contributed by atoms with Crippen LogP contribution in [-0.2, 0) is 16.1 Å². The van der Waals surface area contributed by atoms with Crippen LogP contribution in [0.3, 0.4) is 0 Å². The van der Waals surface area contributed by atoms with Crippen molar-refractivity contribution in [2.24, 2.45) is 11.8 Å². The van der Waals surface area contributed by atoms with Gasteiger partial charge in [0.1, 0.15) is 0 Å². The molecule has 1 heterocycles. The molecule has 0 N–H and O–H groups in total. The first-order chi connectivity index (χ1) is 9.65. The molecule has 0 amide bonds. The third-order valence-corrected chi connectivity index (χ3v) is 4.01. The average Bonchev–Trinajstić information content (AvgIpc) is 3.00. The fraction of sp³-hybridized carbons (Fsp3) is 0.357. The Hall–Kier alpha value is -1.69. The van der Waals surface area contributed by atoms with Crippen LogP contribution < -0.4 is 0 Å². The molecule has 0 radical (unpaired) electrons. The number of carbonyl (C=O) groups is 1. The van der Waals surface area contributed by atoms with Crippen molar-refractivity contribution >= 4 is 21.9 Å². The fourth-order valence-corrected chi connectivity index (χ4v) is 2.40. The molecule has 0 bridgehead atoms. The molecule has 0 saturated heterocycles. The first kappa shape index (κ1) is 13.3. The maximum absolute atomic E-state index is 11.6. The number of carbonyl (C=O) groups excluding carboxylic acids is 1. The van der Waals surface area contributed by atoms with Gasteiger partial charge in [-0.25, -0.2) is 0 Å². The van der Waals surface area contributed by atoms with Crippen molar-refractivity contribution in [3.63, 3.8) is 0 Å². The molecule has 5 nitrogen and oxygen atoms in total. The number of esters is 1. The Labute approximate surface area is 124 Å². The lowest BCUT2D eigenvalue weighted by Crippen LogP contribution is -2.07. The molecule has 0 spiro atoms. The summed E-state index contributed by atoms with van der Waals surface area (Å²) in [5.41, 5.74) is 0.813. The highest BCUT2D eigenvalue weighted by Crippen LogP contribution is 2.38. The van der Waals surface area contributed by atoms with Gasteiger partial charge in [0, 0.05) is 4.47 Å². The van der Waals surface area contributed by atoms with Crippen LogP contribution in [0.4, 0.5) is 0 Å². The molecule has 20 heavy (non-hydrogen) atoms. The van der Waals surface area contributed by atoms with Crippen molar-refractivity contribution in [3.05, 3.63) is 34.6 Å². The zero-order chi connectivity index (χ0) is 14.1. The number of aromatic nitrogens is 2. The number of ether oxygens (including phenoxy) is 1. The van der Waals surface area contributed by atoms with E-state index in [1.165, 1.54) is 0 Å². The van der Waals surface area contributed by atoms with Gasteiger partial charge in [0.15, 0.2) is 6.61 Å². The molecule has 1 fully saturated rings. The zero-order valence-electron chi connectivity index (χ0n) is 10.9. The third-order valence-electron chi connectivity index (χ3n) is 3.32. The fourth-order valence-electron chi connectivity index (χ4n) is 1.95. The van der Waals surface area contributed by atoms with Crippen molar-refractivity contribution in [2.75, 3.05) is 0 Å². The van der Waals surface area contributed by atoms with Crippen LogP contribution in [0.25, 0.3) is 11.5 Å². The second-order valence-electron chi connectivity index (χ2n) is 4.91. The maximum Gasteiger partial charge on any atom is 0.309 e. The lowest BCUT2D eigenvalue weighted by molar-refractivity contribution is -0.147. The van der Waals surface area contributed by atoms with E-state index in [1.807, 2.05) is 31.2 Å². The SMILES string of the molecule is C[C@@H]1C[C@@H]1C(=O)OCc1nnc(-c2ccccc2Br)o1. The molecule has 3 rings (SSSR count). The molecule has 1 aliphatic carbocycles. The van der Waals surface area contributed by atoms with E-state index in [2.05, 4.69) is 26.1 Å². The highest BCUT2D eigenvalue weighted by molar-refractivity contribution is 9.10. The second-order valence-corrected chi connectivity index (χ2v) is 5.76. The molecule has 2 atom stereocenters. The van der Waals surface area contributed by atoms with Crippen molar-refractivity contribution < 1.29 is 13.9 Å². The number of benzene rings is 1. The van der Waals surface area contributed by atoms with Crippen LogP contribution in [0.2, 0.25) is 0 Å². The minimum absolute atomic E-state index is 0.0273. The molecule has 6 heteroatoms. The Bertz CT molecular complexity index is 641. The summed E-state index contributed by atoms with van der Waals surface area (Å²) in [7, 11) is 0. The van der Waals surface area contributed by atoms with E-state index in [9.17, 15) is 4.79 Å². The van der Waals surface area contributed by atoms with Gasteiger partial charge in [0.25, 0.3) is 5.89 Å². The summed E-state index contributed by atoms with van der Waals surface area (Å²) >= 11 is 3.43. The van der Waals surface area contributed by atoms with Gasteiger partial charge in [0.2, 0.25) is 5.89 Å². The summed E-state index contributed by atoms with van der Waals surface area (Å²) in [6.07, 6.45) is 0.908. The van der Waals surface area contributed by atoms with Gasteiger partial charge >= 0.3 is 5.97 Å². The van der Waals surface area contributed by atoms with Crippen molar-refractivity contribution in [1.82, 2.24) is 10.2 Å².